The van der Waals surface area contributed by atoms with Crippen LogP contribution in [0.25, 0.3) is 11.5 Å². The molecular formula is C20H20ClN3O3. The monoisotopic (exact) mass is 385 g/mol. The zero-order chi connectivity index (χ0) is 19.4. The van der Waals surface area contributed by atoms with Gasteiger partial charge in [0.15, 0.2) is 6.10 Å². The number of aryl methyl sites for hydroxylation is 1. The standard InChI is InChI=1S/C20H20ClN3O3/c1-13-11-16(9-10-17(13)21)26-14(2)20(25)24(3)12-18-22-23-19(27-18)15-7-5-4-6-8-15/h4-11,14H,12H2,1-3H3/t14-/m1/s1. The summed E-state index contributed by atoms with van der Waals surface area (Å²) >= 11 is 6.01. The van der Waals surface area contributed by atoms with Crippen LogP contribution in [0.4, 0.5) is 0 Å². The van der Waals surface area contributed by atoms with Crippen LogP contribution in [-0.4, -0.2) is 34.2 Å². The van der Waals surface area contributed by atoms with E-state index in [1.54, 1.807) is 32.2 Å². The van der Waals surface area contributed by atoms with E-state index < -0.39 is 6.10 Å². The molecule has 6 nitrogen and oxygen atoms in total. The van der Waals surface area contributed by atoms with Crippen molar-refractivity contribution in [3.8, 4) is 17.2 Å². The number of likely N-dealkylation sites (N-methyl/N-ethyl adjacent to an activating group) is 1. The predicted molar refractivity (Wildman–Crippen MR) is 102 cm³/mol. The van der Waals surface area contributed by atoms with E-state index in [1.165, 1.54) is 4.90 Å². The Labute approximate surface area is 162 Å². The zero-order valence-electron chi connectivity index (χ0n) is 15.3. The van der Waals surface area contributed by atoms with E-state index in [0.29, 0.717) is 22.6 Å². The van der Waals surface area contributed by atoms with Crippen molar-refractivity contribution in [2.24, 2.45) is 0 Å². The van der Waals surface area contributed by atoms with Crippen LogP contribution in [0.5, 0.6) is 5.75 Å². The first kappa shape index (κ1) is 18.9. The molecule has 0 radical (unpaired) electrons. The molecule has 0 spiro atoms. The van der Waals surface area contributed by atoms with Crippen molar-refractivity contribution in [2.45, 2.75) is 26.5 Å². The van der Waals surface area contributed by atoms with Crippen molar-refractivity contribution in [2.75, 3.05) is 7.05 Å². The number of nitrogens with zero attached hydrogens (tertiary/aromatic N) is 3. The van der Waals surface area contributed by atoms with Crippen molar-refractivity contribution in [1.82, 2.24) is 15.1 Å². The fourth-order valence-electron chi connectivity index (χ4n) is 2.55. The van der Waals surface area contributed by atoms with E-state index in [9.17, 15) is 4.79 Å². The van der Waals surface area contributed by atoms with Gasteiger partial charge in [-0.3, -0.25) is 4.79 Å². The normalized spacial score (nSPS) is 11.9. The highest BCUT2D eigenvalue weighted by molar-refractivity contribution is 6.31. The number of hydrogen-bond acceptors (Lipinski definition) is 5. The molecule has 2 aromatic carbocycles. The summed E-state index contributed by atoms with van der Waals surface area (Å²) in [6.45, 7) is 3.78. The summed E-state index contributed by atoms with van der Waals surface area (Å²) < 4.78 is 11.4. The Morgan fingerprint density at radius 2 is 1.96 bits per heavy atom. The van der Waals surface area contributed by atoms with Crippen molar-refractivity contribution in [3.63, 3.8) is 0 Å². The van der Waals surface area contributed by atoms with Gasteiger partial charge in [-0.05, 0) is 49.7 Å². The van der Waals surface area contributed by atoms with E-state index >= 15 is 0 Å². The summed E-state index contributed by atoms with van der Waals surface area (Å²) in [5, 5.41) is 8.70. The molecule has 0 aliphatic heterocycles. The lowest BCUT2D eigenvalue weighted by atomic mass is 10.2. The van der Waals surface area contributed by atoms with Gasteiger partial charge in [0.05, 0.1) is 6.54 Å². The highest BCUT2D eigenvalue weighted by Gasteiger charge is 2.21. The molecule has 0 aliphatic carbocycles. The van der Waals surface area contributed by atoms with Crippen LogP contribution in [0, 0.1) is 6.92 Å². The first-order chi connectivity index (χ1) is 12.9. The fraction of sp³-hybridized carbons (Fsp3) is 0.250. The Balaban J connectivity index is 1.61. The van der Waals surface area contributed by atoms with Crippen molar-refractivity contribution in [3.05, 3.63) is 65.0 Å². The molecule has 3 rings (SSSR count). The maximum absolute atomic E-state index is 12.6. The lowest BCUT2D eigenvalue weighted by molar-refractivity contribution is -0.137. The largest absolute Gasteiger partial charge is 0.481 e. The topological polar surface area (TPSA) is 68.5 Å². The summed E-state index contributed by atoms with van der Waals surface area (Å²) in [6.07, 6.45) is -0.660. The number of benzene rings is 2. The molecule has 3 aromatic rings. The molecule has 140 valence electrons. The SMILES string of the molecule is Cc1cc(O[C@H](C)C(=O)N(C)Cc2nnc(-c3ccccc3)o2)ccc1Cl. The van der Waals surface area contributed by atoms with Gasteiger partial charge in [0.2, 0.25) is 11.8 Å². The summed E-state index contributed by atoms with van der Waals surface area (Å²) in [5.41, 5.74) is 1.72. The van der Waals surface area contributed by atoms with Gasteiger partial charge in [-0.15, -0.1) is 10.2 Å². The second-order valence-electron chi connectivity index (χ2n) is 6.23. The molecular weight excluding hydrogens is 366 g/mol. The van der Waals surface area contributed by atoms with E-state index in [4.69, 9.17) is 20.8 Å². The quantitative estimate of drug-likeness (QED) is 0.638. The van der Waals surface area contributed by atoms with Crippen LogP contribution in [0.15, 0.2) is 52.9 Å². The summed E-state index contributed by atoms with van der Waals surface area (Å²) in [6, 6.07) is 14.8. The van der Waals surface area contributed by atoms with Crippen LogP contribution < -0.4 is 4.74 Å². The Kier molecular flexibility index (Phi) is 5.76. The molecule has 1 heterocycles. The van der Waals surface area contributed by atoms with Gasteiger partial charge in [0, 0.05) is 17.6 Å². The first-order valence-electron chi connectivity index (χ1n) is 8.49. The fourth-order valence-corrected chi connectivity index (χ4v) is 2.67. The molecule has 7 heteroatoms. The minimum atomic E-state index is -0.660. The number of halogens is 1. The number of ether oxygens (including phenoxy) is 1. The Morgan fingerprint density at radius 1 is 1.22 bits per heavy atom. The predicted octanol–water partition coefficient (Wildman–Crippen LogP) is 4.12. The lowest BCUT2D eigenvalue weighted by Gasteiger charge is -2.21. The second-order valence-corrected chi connectivity index (χ2v) is 6.64. The van der Waals surface area contributed by atoms with Crippen LogP contribution in [0.2, 0.25) is 5.02 Å². The molecule has 0 bridgehead atoms. The van der Waals surface area contributed by atoms with Crippen LogP contribution >= 0.6 is 11.6 Å². The molecule has 0 unspecified atom stereocenters. The van der Waals surface area contributed by atoms with Crippen LogP contribution in [-0.2, 0) is 11.3 Å². The van der Waals surface area contributed by atoms with Gasteiger partial charge >= 0.3 is 0 Å². The minimum Gasteiger partial charge on any atom is -0.481 e. The van der Waals surface area contributed by atoms with Gasteiger partial charge in [0.1, 0.15) is 5.75 Å². The molecule has 0 saturated carbocycles. The third-order valence-corrected chi connectivity index (χ3v) is 4.45. The highest BCUT2D eigenvalue weighted by Crippen LogP contribution is 2.22. The van der Waals surface area contributed by atoms with Crippen molar-refractivity contribution in [1.29, 1.82) is 0 Å². The van der Waals surface area contributed by atoms with Crippen LogP contribution in [0.3, 0.4) is 0 Å². The molecule has 0 N–H and O–H groups in total. The Morgan fingerprint density at radius 3 is 2.67 bits per heavy atom. The van der Waals surface area contributed by atoms with Crippen molar-refractivity contribution < 1.29 is 13.9 Å². The van der Waals surface area contributed by atoms with Gasteiger partial charge in [0.25, 0.3) is 5.91 Å². The molecule has 27 heavy (non-hydrogen) atoms. The average Bonchev–Trinajstić information content (AvgIpc) is 3.13. The molecule has 1 amide bonds. The molecule has 1 atom stereocenters. The van der Waals surface area contributed by atoms with Gasteiger partial charge < -0.3 is 14.1 Å². The number of carbonyl (C=O) groups is 1. The highest BCUT2D eigenvalue weighted by atomic mass is 35.5. The molecule has 1 aromatic heterocycles. The number of hydrogen-bond donors (Lipinski definition) is 0. The summed E-state index contributed by atoms with van der Waals surface area (Å²) in [5.74, 6) is 1.18. The Hall–Kier alpha value is -2.86. The average molecular weight is 386 g/mol. The summed E-state index contributed by atoms with van der Waals surface area (Å²) in [4.78, 5) is 14.1. The van der Waals surface area contributed by atoms with Gasteiger partial charge in [-0.25, -0.2) is 0 Å². The summed E-state index contributed by atoms with van der Waals surface area (Å²) in [7, 11) is 1.67. The molecule has 0 saturated heterocycles. The molecule has 0 fully saturated rings. The van der Waals surface area contributed by atoms with E-state index in [-0.39, 0.29) is 12.5 Å². The third kappa shape index (κ3) is 4.65. The van der Waals surface area contributed by atoms with E-state index in [0.717, 1.165) is 11.1 Å². The zero-order valence-corrected chi connectivity index (χ0v) is 16.1. The number of amides is 1. The van der Waals surface area contributed by atoms with Crippen LogP contribution in [0.1, 0.15) is 18.4 Å². The number of carbonyl (C=O) groups excluding carboxylic acids is 1. The second kappa shape index (κ2) is 8.22. The van der Waals surface area contributed by atoms with Crippen molar-refractivity contribution >= 4 is 17.5 Å². The Bertz CT molecular complexity index is 927. The number of rotatable bonds is 6. The number of aromatic nitrogens is 2. The first-order valence-corrected chi connectivity index (χ1v) is 8.87. The van der Waals surface area contributed by atoms with E-state index in [1.807, 2.05) is 37.3 Å². The van der Waals surface area contributed by atoms with E-state index in [2.05, 4.69) is 10.2 Å². The van der Waals surface area contributed by atoms with Gasteiger partial charge in [-0.1, -0.05) is 29.8 Å². The van der Waals surface area contributed by atoms with Gasteiger partial charge in [-0.2, -0.15) is 0 Å². The minimum absolute atomic E-state index is 0.193. The maximum atomic E-state index is 12.6. The lowest BCUT2D eigenvalue weighted by Crippen LogP contribution is -2.37. The smallest absolute Gasteiger partial charge is 0.263 e. The maximum Gasteiger partial charge on any atom is 0.263 e. The third-order valence-electron chi connectivity index (χ3n) is 4.03. The molecule has 0 aliphatic rings.